The molecule has 3 heteroatoms. The molecule has 0 fully saturated rings. The van der Waals surface area contributed by atoms with E-state index in [9.17, 15) is 0 Å². The quantitative estimate of drug-likeness (QED) is 0.871. The summed E-state index contributed by atoms with van der Waals surface area (Å²) in [6, 6.07) is 16.6. The van der Waals surface area contributed by atoms with Crippen LogP contribution in [0.3, 0.4) is 0 Å². The van der Waals surface area contributed by atoms with Gasteiger partial charge in [0, 0.05) is 12.6 Å². The maximum absolute atomic E-state index is 5.34. The third-order valence-electron chi connectivity index (χ3n) is 3.36. The van der Waals surface area contributed by atoms with Crippen molar-refractivity contribution >= 4 is 0 Å². The van der Waals surface area contributed by atoms with Crippen molar-refractivity contribution in [3.05, 3.63) is 59.7 Å². The van der Waals surface area contributed by atoms with E-state index in [4.69, 9.17) is 9.47 Å². The van der Waals surface area contributed by atoms with Crippen LogP contribution >= 0.6 is 0 Å². The SMILES string of the molecule is COc1ccc(C(C)NCc2ccccc2)cc1OC. The molecule has 0 aromatic heterocycles. The molecule has 2 aromatic rings. The Hall–Kier alpha value is -2.00. The van der Waals surface area contributed by atoms with Crippen LogP contribution in [0.25, 0.3) is 0 Å². The highest BCUT2D eigenvalue weighted by molar-refractivity contribution is 5.43. The van der Waals surface area contributed by atoms with Gasteiger partial charge in [0.15, 0.2) is 11.5 Å². The number of hydrogen-bond donors (Lipinski definition) is 1. The first-order valence-corrected chi connectivity index (χ1v) is 6.74. The second-order valence-corrected chi connectivity index (χ2v) is 4.70. The summed E-state index contributed by atoms with van der Waals surface area (Å²) in [5.74, 6) is 1.52. The number of benzene rings is 2. The lowest BCUT2D eigenvalue weighted by Crippen LogP contribution is -2.18. The number of nitrogens with one attached hydrogen (secondary N) is 1. The van der Waals surface area contributed by atoms with Crippen molar-refractivity contribution in [2.45, 2.75) is 19.5 Å². The highest BCUT2D eigenvalue weighted by Crippen LogP contribution is 2.29. The second kappa shape index (κ2) is 6.96. The van der Waals surface area contributed by atoms with Crippen molar-refractivity contribution in [3.8, 4) is 11.5 Å². The molecule has 0 aliphatic rings. The van der Waals surface area contributed by atoms with E-state index in [1.165, 1.54) is 11.1 Å². The minimum absolute atomic E-state index is 0.245. The van der Waals surface area contributed by atoms with Gasteiger partial charge in [0.25, 0.3) is 0 Å². The van der Waals surface area contributed by atoms with Gasteiger partial charge in [-0.25, -0.2) is 0 Å². The Morgan fingerprint density at radius 1 is 0.950 bits per heavy atom. The van der Waals surface area contributed by atoms with E-state index in [0.717, 1.165) is 18.0 Å². The van der Waals surface area contributed by atoms with Gasteiger partial charge in [-0.3, -0.25) is 0 Å². The Bertz CT molecular complexity index is 540. The van der Waals surface area contributed by atoms with Crippen molar-refractivity contribution in [1.29, 1.82) is 0 Å². The standard InChI is InChI=1S/C17H21NO2/c1-13(18-12-14-7-5-4-6-8-14)15-9-10-16(19-2)17(11-15)20-3/h4-11,13,18H,12H2,1-3H3. The molecule has 0 saturated carbocycles. The van der Waals surface area contributed by atoms with Crippen LogP contribution in [0.1, 0.15) is 24.1 Å². The average Bonchev–Trinajstić information content (AvgIpc) is 2.52. The third kappa shape index (κ3) is 3.52. The monoisotopic (exact) mass is 271 g/mol. The molecule has 0 heterocycles. The molecule has 1 atom stereocenters. The summed E-state index contributed by atoms with van der Waals surface area (Å²) in [5, 5.41) is 3.51. The van der Waals surface area contributed by atoms with E-state index >= 15 is 0 Å². The largest absolute Gasteiger partial charge is 0.493 e. The normalized spacial score (nSPS) is 11.9. The molecule has 1 N–H and O–H groups in total. The summed E-state index contributed by atoms with van der Waals surface area (Å²) in [6.45, 7) is 2.99. The molecule has 106 valence electrons. The highest BCUT2D eigenvalue weighted by atomic mass is 16.5. The summed E-state index contributed by atoms with van der Waals surface area (Å²) in [7, 11) is 3.30. The zero-order valence-electron chi connectivity index (χ0n) is 12.2. The van der Waals surface area contributed by atoms with Crippen molar-refractivity contribution in [1.82, 2.24) is 5.32 Å². The predicted octanol–water partition coefficient (Wildman–Crippen LogP) is 3.55. The van der Waals surface area contributed by atoms with Crippen LogP contribution in [0.5, 0.6) is 11.5 Å². The van der Waals surface area contributed by atoms with E-state index in [-0.39, 0.29) is 6.04 Å². The maximum Gasteiger partial charge on any atom is 0.161 e. The predicted molar refractivity (Wildman–Crippen MR) is 81.2 cm³/mol. The average molecular weight is 271 g/mol. The Labute approximate surface area is 120 Å². The maximum atomic E-state index is 5.34. The zero-order valence-corrected chi connectivity index (χ0v) is 12.2. The molecule has 0 bridgehead atoms. The first-order chi connectivity index (χ1) is 9.74. The fraction of sp³-hybridized carbons (Fsp3) is 0.294. The highest BCUT2D eigenvalue weighted by Gasteiger charge is 2.09. The third-order valence-corrected chi connectivity index (χ3v) is 3.36. The molecule has 0 spiro atoms. The molecule has 2 rings (SSSR count). The number of rotatable bonds is 6. The van der Waals surface area contributed by atoms with Crippen LogP contribution in [0, 0.1) is 0 Å². The van der Waals surface area contributed by atoms with Gasteiger partial charge in [-0.05, 0) is 30.2 Å². The topological polar surface area (TPSA) is 30.5 Å². The molecular weight excluding hydrogens is 250 g/mol. The fourth-order valence-electron chi connectivity index (χ4n) is 2.11. The molecule has 0 saturated heterocycles. The minimum atomic E-state index is 0.245. The smallest absolute Gasteiger partial charge is 0.161 e. The first-order valence-electron chi connectivity index (χ1n) is 6.74. The van der Waals surface area contributed by atoms with Gasteiger partial charge in [0.05, 0.1) is 14.2 Å². The molecular formula is C17H21NO2. The van der Waals surface area contributed by atoms with Gasteiger partial charge >= 0.3 is 0 Å². The summed E-state index contributed by atoms with van der Waals surface area (Å²) in [6.07, 6.45) is 0. The van der Waals surface area contributed by atoms with Gasteiger partial charge in [-0.1, -0.05) is 36.4 Å². The van der Waals surface area contributed by atoms with Crippen LogP contribution in [0.4, 0.5) is 0 Å². The Morgan fingerprint density at radius 3 is 2.30 bits per heavy atom. The Kier molecular flexibility index (Phi) is 5.02. The first kappa shape index (κ1) is 14.4. The number of hydrogen-bond acceptors (Lipinski definition) is 3. The number of methoxy groups -OCH3 is 2. The van der Waals surface area contributed by atoms with Crippen LogP contribution in [-0.4, -0.2) is 14.2 Å². The summed E-state index contributed by atoms with van der Waals surface area (Å²) >= 11 is 0. The molecule has 20 heavy (non-hydrogen) atoms. The minimum Gasteiger partial charge on any atom is -0.493 e. The van der Waals surface area contributed by atoms with Crippen LogP contribution in [0.2, 0.25) is 0 Å². The van der Waals surface area contributed by atoms with E-state index < -0.39 is 0 Å². The van der Waals surface area contributed by atoms with Gasteiger partial charge in [0.2, 0.25) is 0 Å². The fourth-order valence-corrected chi connectivity index (χ4v) is 2.11. The van der Waals surface area contributed by atoms with E-state index in [2.05, 4.69) is 42.6 Å². The van der Waals surface area contributed by atoms with Crippen LogP contribution < -0.4 is 14.8 Å². The van der Waals surface area contributed by atoms with Crippen LogP contribution in [-0.2, 0) is 6.54 Å². The second-order valence-electron chi connectivity index (χ2n) is 4.70. The van der Waals surface area contributed by atoms with Crippen molar-refractivity contribution in [2.75, 3.05) is 14.2 Å². The lowest BCUT2D eigenvalue weighted by molar-refractivity contribution is 0.354. The van der Waals surface area contributed by atoms with Crippen LogP contribution in [0.15, 0.2) is 48.5 Å². The van der Waals surface area contributed by atoms with Crippen molar-refractivity contribution < 1.29 is 9.47 Å². The lowest BCUT2D eigenvalue weighted by atomic mass is 10.1. The Balaban J connectivity index is 2.03. The molecule has 0 aliphatic heterocycles. The van der Waals surface area contributed by atoms with Crippen molar-refractivity contribution in [3.63, 3.8) is 0 Å². The molecule has 0 radical (unpaired) electrons. The molecule has 0 aliphatic carbocycles. The summed E-state index contributed by atoms with van der Waals surface area (Å²) in [5.41, 5.74) is 2.46. The molecule has 0 amide bonds. The molecule has 3 nitrogen and oxygen atoms in total. The summed E-state index contributed by atoms with van der Waals surface area (Å²) < 4.78 is 10.6. The number of ether oxygens (including phenoxy) is 2. The van der Waals surface area contributed by atoms with E-state index in [0.29, 0.717) is 0 Å². The van der Waals surface area contributed by atoms with Gasteiger partial charge in [-0.15, -0.1) is 0 Å². The van der Waals surface area contributed by atoms with Crippen molar-refractivity contribution in [2.24, 2.45) is 0 Å². The molecule has 1 unspecified atom stereocenters. The van der Waals surface area contributed by atoms with Gasteiger partial charge in [0.1, 0.15) is 0 Å². The van der Waals surface area contributed by atoms with Gasteiger partial charge in [-0.2, -0.15) is 0 Å². The zero-order chi connectivity index (χ0) is 14.4. The van der Waals surface area contributed by atoms with E-state index in [1.807, 2.05) is 18.2 Å². The Morgan fingerprint density at radius 2 is 1.65 bits per heavy atom. The van der Waals surface area contributed by atoms with E-state index in [1.54, 1.807) is 14.2 Å². The summed E-state index contributed by atoms with van der Waals surface area (Å²) in [4.78, 5) is 0. The molecule has 2 aromatic carbocycles. The van der Waals surface area contributed by atoms with Gasteiger partial charge < -0.3 is 14.8 Å². The lowest BCUT2D eigenvalue weighted by Gasteiger charge is -2.16.